The van der Waals surface area contributed by atoms with Gasteiger partial charge >= 0.3 is 0 Å². The normalized spacial score (nSPS) is 12.5. The molecule has 1 atom stereocenters. The fourth-order valence-electron chi connectivity index (χ4n) is 2.36. The second kappa shape index (κ2) is 7.96. The molecule has 1 unspecified atom stereocenters. The fraction of sp³-hybridized carbons (Fsp3) is 0.263. The average molecular weight is 327 g/mol. The van der Waals surface area contributed by atoms with Crippen LogP contribution in [0.15, 0.2) is 59.5 Å². The molecule has 0 radical (unpaired) electrons. The van der Waals surface area contributed by atoms with Crippen molar-refractivity contribution in [2.75, 3.05) is 6.54 Å². The Morgan fingerprint density at radius 3 is 2.35 bits per heavy atom. The van der Waals surface area contributed by atoms with Crippen LogP contribution in [0.1, 0.15) is 17.5 Å². The van der Waals surface area contributed by atoms with Gasteiger partial charge in [0.15, 0.2) is 0 Å². The summed E-state index contributed by atoms with van der Waals surface area (Å²) < 4.78 is 27.4. The standard InChI is InChI=1S/C19H21NO2S/c1-3-7-18(14-17-8-5-4-6-9-17)15-20-23(21,22)19-12-10-16(2)11-13-19/h1,4-6,8-13,18,20H,7,14-15H2,2H3. The van der Waals surface area contributed by atoms with E-state index in [0.717, 1.165) is 17.5 Å². The first kappa shape index (κ1) is 17.3. The number of nitrogens with one attached hydrogen (secondary N) is 1. The number of rotatable bonds is 7. The third-order valence-electron chi connectivity index (χ3n) is 3.67. The highest BCUT2D eigenvalue weighted by Gasteiger charge is 2.16. The molecule has 4 heteroatoms. The van der Waals surface area contributed by atoms with Gasteiger partial charge in [0.2, 0.25) is 10.0 Å². The lowest BCUT2D eigenvalue weighted by molar-refractivity contribution is 0.513. The number of hydrogen-bond acceptors (Lipinski definition) is 2. The summed E-state index contributed by atoms with van der Waals surface area (Å²) in [5.41, 5.74) is 2.18. The van der Waals surface area contributed by atoms with Crippen LogP contribution >= 0.6 is 0 Å². The third kappa shape index (κ3) is 5.24. The minimum Gasteiger partial charge on any atom is -0.211 e. The van der Waals surface area contributed by atoms with E-state index in [1.165, 1.54) is 0 Å². The Balaban J connectivity index is 2.03. The van der Waals surface area contributed by atoms with Crippen molar-refractivity contribution < 1.29 is 8.42 Å². The molecule has 0 saturated carbocycles. The Kier molecular flexibility index (Phi) is 5.97. The quantitative estimate of drug-likeness (QED) is 0.794. The SMILES string of the molecule is C#CCC(CNS(=O)(=O)c1ccc(C)cc1)Cc1ccccc1. The van der Waals surface area contributed by atoms with Gasteiger partial charge in [-0.05, 0) is 37.0 Å². The first-order valence-electron chi connectivity index (χ1n) is 7.55. The molecular weight excluding hydrogens is 306 g/mol. The summed E-state index contributed by atoms with van der Waals surface area (Å²) in [6.45, 7) is 2.25. The van der Waals surface area contributed by atoms with Crippen LogP contribution in [-0.4, -0.2) is 15.0 Å². The Bertz CT molecular complexity index is 759. The molecule has 0 bridgehead atoms. The first-order valence-corrected chi connectivity index (χ1v) is 9.03. The molecule has 2 aromatic rings. The monoisotopic (exact) mass is 327 g/mol. The van der Waals surface area contributed by atoms with E-state index in [1.807, 2.05) is 37.3 Å². The summed E-state index contributed by atoms with van der Waals surface area (Å²) in [6, 6.07) is 16.8. The Labute approximate surface area is 138 Å². The van der Waals surface area contributed by atoms with Gasteiger partial charge in [-0.1, -0.05) is 48.0 Å². The zero-order valence-corrected chi connectivity index (χ0v) is 14.0. The fourth-order valence-corrected chi connectivity index (χ4v) is 3.48. The van der Waals surface area contributed by atoms with Crippen molar-refractivity contribution in [1.29, 1.82) is 0 Å². The number of aryl methyl sites for hydroxylation is 1. The van der Waals surface area contributed by atoms with Crippen molar-refractivity contribution in [2.45, 2.75) is 24.7 Å². The zero-order valence-electron chi connectivity index (χ0n) is 13.2. The third-order valence-corrected chi connectivity index (χ3v) is 5.11. The van der Waals surface area contributed by atoms with E-state index in [0.29, 0.717) is 13.0 Å². The van der Waals surface area contributed by atoms with E-state index in [-0.39, 0.29) is 10.8 Å². The van der Waals surface area contributed by atoms with Gasteiger partial charge in [0.25, 0.3) is 0 Å². The molecule has 3 nitrogen and oxygen atoms in total. The van der Waals surface area contributed by atoms with Crippen LogP contribution in [0, 0.1) is 25.2 Å². The highest BCUT2D eigenvalue weighted by Crippen LogP contribution is 2.14. The van der Waals surface area contributed by atoms with Gasteiger partial charge < -0.3 is 0 Å². The zero-order chi connectivity index (χ0) is 16.7. The van der Waals surface area contributed by atoms with Crippen molar-refractivity contribution >= 4 is 10.0 Å². The number of sulfonamides is 1. The molecule has 0 heterocycles. The smallest absolute Gasteiger partial charge is 0.211 e. The van der Waals surface area contributed by atoms with Gasteiger partial charge in [-0.3, -0.25) is 0 Å². The molecule has 0 aromatic heterocycles. The van der Waals surface area contributed by atoms with Crippen LogP contribution in [0.4, 0.5) is 0 Å². The van der Waals surface area contributed by atoms with Crippen LogP contribution in [0.5, 0.6) is 0 Å². The van der Waals surface area contributed by atoms with Gasteiger partial charge in [-0.2, -0.15) is 0 Å². The van der Waals surface area contributed by atoms with Crippen LogP contribution in [0.2, 0.25) is 0 Å². The molecule has 1 N–H and O–H groups in total. The molecule has 0 fully saturated rings. The number of terminal acetylenes is 1. The number of hydrogen-bond donors (Lipinski definition) is 1. The minimum atomic E-state index is -3.50. The summed E-state index contributed by atoms with van der Waals surface area (Å²) in [6.07, 6.45) is 6.71. The molecule has 23 heavy (non-hydrogen) atoms. The summed E-state index contributed by atoms with van der Waals surface area (Å²) >= 11 is 0. The lowest BCUT2D eigenvalue weighted by Crippen LogP contribution is -2.30. The predicted octanol–water partition coefficient (Wildman–Crippen LogP) is 3.16. The Morgan fingerprint density at radius 1 is 1.09 bits per heavy atom. The van der Waals surface area contributed by atoms with E-state index in [1.54, 1.807) is 24.3 Å². The van der Waals surface area contributed by atoms with E-state index < -0.39 is 10.0 Å². The van der Waals surface area contributed by atoms with Crippen molar-refractivity contribution in [2.24, 2.45) is 5.92 Å². The number of benzene rings is 2. The molecule has 120 valence electrons. The second-order valence-electron chi connectivity index (χ2n) is 5.63. The average Bonchev–Trinajstić information content (AvgIpc) is 2.54. The van der Waals surface area contributed by atoms with E-state index in [4.69, 9.17) is 6.42 Å². The highest BCUT2D eigenvalue weighted by molar-refractivity contribution is 7.89. The van der Waals surface area contributed by atoms with Crippen molar-refractivity contribution in [3.05, 3.63) is 65.7 Å². The molecule has 0 aliphatic rings. The van der Waals surface area contributed by atoms with Crippen LogP contribution in [-0.2, 0) is 16.4 Å². The minimum absolute atomic E-state index is 0.0719. The van der Waals surface area contributed by atoms with Crippen LogP contribution in [0.25, 0.3) is 0 Å². The van der Waals surface area contributed by atoms with E-state index in [9.17, 15) is 8.42 Å². The summed E-state index contributed by atoms with van der Waals surface area (Å²) in [4.78, 5) is 0.280. The van der Waals surface area contributed by atoms with Gasteiger partial charge in [-0.25, -0.2) is 13.1 Å². The van der Waals surface area contributed by atoms with Gasteiger partial charge in [0.1, 0.15) is 0 Å². The van der Waals surface area contributed by atoms with Gasteiger partial charge in [-0.15, -0.1) is 12.3 Å². The molecular formula is C19H21NO2S. The molecule has 2 aromatic carbocycles. The maximum Gasteiger partial charge on any atom is 0.240 e. The lowest BCUT2D eigenvalue weighted by atomic mass is 9.97. The Morgan fingerprint density at radius 2 is 1.74 bits per heavy atom. The van der Waals surface area contributed by atoms with Crippen molar-refractivity contribution in [3.8, 4) is 12.3 Å². The van der Waals surface area contributed by atoms with Crippen LogP contribution < -0.4 is 4.72 Å². The summed E-state index contributed by atoms with van der Waals surface area (Å²) in [7, 11) is -3.50. The first-order chi connectivity index (χ1) is 11.0. The summed E-state index contributed by atoms with van der Waals surface area (Å²) in [5, 5.41) is 0. The molecule has 0 saturated heterocycles. The van der Waals surface area contributed by atoms with Gasteiger partial charge in [0.05, 0.1) is 4.90 Å². The van der Waals surface area contributed by atoms with E-state index in [2.05, 4.69) is 10.6 Å². The van der Waals surface area contributed by atoms with Crippen molar-refractivity contribution in [3.63, 3.8) is 0 Å². The molecule has 0 amide bonds. The van der Waals surface area contributed by atoms with Crippen molar-refractivity contribution in [1.82, 2.24) is 4.72 Å². The summed E-state index contributed by atoms with van der Waals surface area (Å²) in [5.74, 6) is 2.71. The maximum atomic E-state index is 12.3. The molecule has 0 spiro atoms. The molecule has 0 aliphatic carbocycles. The lowest BCUT2D eigenvalue weighted by Gasteiger charge is -2.15. The molecule has 0 aliphatic heterocycles. The van der Waals surface area contributed by atoms with E-state index >= 15 is 0 Å². The van der Waals surface area contributed by atoms with Crippen LogP contribution in [0.3, 0.4) is 0 Å². The topological polar surface area (TPSA) is 46.2 Å². The predicted molar refractivity (Wildman–Crippen MR) is 93.5 cm³/mol. The highest BCUT2D eigenvalue weighted by atomic mass is 32.2. The second-order valence-corrected chi connectivity index (χ2v) is 7.40. The molecule has 2 rings (SSSR count). The Hall–Kier alpha value is -2.09. The maximum absolute atomic E-state index is 12.3. The largest absolute Gasteiger partial charge is 0.240 e. The van der Waals surface area contributed by atoms with Gasteiger partial charge in [0, 0.05) is 13.0 Å².